The molecule has 0 amide bonds. The second kappa shape index (κ2) is 8.32. The van der Waals surface area contributed by atoms with Gasteiger partial charge in [0.05, 0.1) is 41.2 Å². The third kappa shape index (κ3) is 8.00. The number of rotatable bonds is 6. The van der Waals surface area contributed by atoms with Crippen LogP contribution in [-0.4, -0.2) is 45.1 Å². The van der Waals surface area contributed by atoms with E-state index < -0.39 is 0 Å². The maximum Gasteiger partial charge on any atom is 0.161 e. The zero-order valence-electron chi connectivity index (χ0n) is 12.0. The first-order valence-electron chi connectivity index (χ1n) is 6.06. The molecule has 0 bridgehead atoms. The van der Waals surface area contributed by atoms with Gasteiger partial charge in [0.15, 0.2) is 5.78 Å². The van der Waals surface area contributed by atoms with E-state index in [1.165, 1.54) is 0 Å². The van der Waals surface area contributed by atoms with E-state index in [2.05, 4.69) is 21.1 Å². The molecule has 0 spiro atoms. The fourth-order valence-corrected chi connectivity index (χ4v) is 1.43. The number of carbonyl (C=O) groups is 1. The lowest BCUT2D eigenvalue weighted by Crippen LogP contribution is -3.00. The van der Waals surface area contributed by atoms with Gasteiger partial charge in [-0.25, -0.2) is 0 Å². The summed E-state index contributed by atoms with van der Waals surface area (Å²) >= 11 is 0. The van der Waals surface area contributed by atoms with Crippen LogP contribution in [0.25, 0.3) is 6.08 Å². The quantitative estimate of drug-likeness (QED) is 0.376. The summed E-state index contributed by atoms with van der Waals surface area (Å²) in [4.78, 5) is 11.7. The third-order valence-electron chi connectivity index (χ3n) is 2.61. The highest BCUT2D eigenvalue weighted by atomic mass is 127. The third-order valence-corrected chi connectivity index (χ3v) is 2.61. The zero-order chi connectivity index (χ0) is 13.6. The van der Waals surface area contributed by atoms with E-state index in [-0.39, 0.29) is 29.8 Å². The first kappa shape index (κ1) is 18.1. The molecule has 0 unspecified atom stereocenters. The van der Waals surface area contributed by atoms with Crippen LogP contribution >= 0.6 is 0 Å². The van der Waals surface area contributed by atoms with E-state index in [0.717, 1.165) is 22.3 Å². The fourth-order valence-electron chi connectivity index (χ4n) is 1.43. The molecule has 0 radical (unpaired) electrons. The Labute approximate surface area is 132 Å². The van der Waals surface area contributed by atoms with Gasteiger partial charge in [0.25, 0.3) is 0 Å². The van der Waals surface area contributed by atoms with Crippen LogP contribution < -0.4 is 28.7 Å². The monoisotopic (exact) mass is 375 g/mol. The SMILES string of the molecule is COc1ccc(C=CC(=O)CC[N+](C)(C)C)cc1.[I-]. The second-order valence-corrected chi connectivity index (χ2v) is 5.34. The van der Waals surface area contributed by atoms with Gasteiger partial charge in [-0.2, -0.15) is 0 Å². The van der Waals surface area contributed by atoms with Crippen LogP contribution in [-0.2, 0) is 4.79 Å². The van der Waals surface area contributed by atoms with Crippen molar-refractivity contribution in [2.75, 3.05) is 34.8 Å². The predicted octanol–water partition coefficient (Wildman–Crippen LogP) is -0.622. The number of nitrogens with zero attached hydrogens (tertiary/aromatic N) is 1. The molecule has 0 aliphatic heterocycles. The molecule has 1 aromatic carbocycles. The molecule has 4 heteroatoms. The van der Waals surface area contributed by atoms with Crippen LogP contribution in [0.2, 0.25) is 0 Å². The fraction of sp³-hybridized carbons (Fsp3) is 0.400. The van der Waals surface area contributed by atoms with Gasteiger partial charge in [-0.3, -0.25) is 4.79 Å². The Balaban J connectivity index is 0.00000324. The van der Waals surface area contributed by atoms with Crippen LogP contribution in [0.3, 0.4) is 0 Å². The van der Waals surface area contributed by atoms with Gasteiger partial charge in [0.2, 0.25) is 0 Å². The van der Waals surface area contributed by atoms with Gasteiger partial charge in [-0.15, -0.1) is 0 Å². The molecular weight excluding hydrogens is 353 g/mol. The number of hydrogen-bond donors (Lipinski definition) is 0. The average Bonchev–Trinajstić information content (AvgIpc) is 2.33. The lowest BCUT2D eigenvalue weighted by Gasteiger charge is -2.22. The maximum atomic E-state index is 11.7. The highest BCUT2D eigenvalue weighted by molar-refractivity contribution is 5.93. The maximum absolute atomic E-state index is 11.7. The lowest BCUT2D eigenvalue weighted by molar-refractivity contribution is -0.869. The summed E-state index contributed by atoms with van der Waals surface area (Å²) in [7, 11) is 7.89. The minimum Gasteiger partial charge on any atom is -1.00 e. The van der Waals surface area contributed by atoms with Gasteiger partial charge in [0.1, 0.15) is 5.75 Å². The molecule has 3 nitrogen and oxygen atoms in total. The van der Waals surface area contributed by atoms with Crippen molar-refractivity contribution in [1.82, 2.24) is 0 Å². The van der Waals surface area contributed by atoms with Crippen LogP contribution in [0.1, 0.15) is 12.0 Å². The Kier molecular flexibility index (Phi) is 7.94. The van der Waals surface area contributed by atoms with E-state index in [1.807, 2.05) is 30.3 Å². The zero-order valence-corrected chi connectivity index (χ0v) is 14.2. The van der Waals surface area contributed by atoms with E-state index in [4.69, 9.17) is 4.74 Å². The molecule has 0 saturated heterocycles. The number of carbonyl (C=O) groups excluding carboxylic acids is 1. The van der Waals surface area contributed by atoms with E-state index in [0.29, 0.717) is 6.42 Å². The molecule has 0 aromatic heterocycles. The van der Waals surface area contributed by atoms with Crippen molar-refractivity contribution < 1.29 is 38.0 Å². The molecular formula is C15H22INO2. The summed E-state index contributed by atoms with van der Waals surface area (Å²) in [5.74, 6) is 0.988. The molecule has 0 heterocycles. The Morgan fingerprint density at radius 2 is 1.79 bits per heavy atom. The number of methoxy groups -OCH3 is 1. The minimum atomic E-state index is 0. The highest BCUT2D eigenvalue weighted by Crippen LogP contribution is 2.12. The summed E-state index contributed by atoms with van der Waals surface area (Å²) < 4.78 is 5.89. The van der Waals surface area contributed by atoms with E-state index >= 15 is 0 Å². The molecule has 0 atom stereocenters. The summed E-state index contributed by atoms with van der Waals surface area (Å²) in [5, 5.41) is 0. The predicted molar refractivity (Wildman–Crippen MR) is 74.6 cm³/mol. The van der Waals surface area contributed by atoms with E-state index in [9.17, 15) is 4.79 Å². The number of benzene rings is 1. The summed E-state index contributed by atoms with van der Waals surface area (Å²) in [6.45, 7) is 0.853. The molecule has 0 fully saturated rings. The topological polar surface area (TPSA) is 26.3 Å². The number of ketones is 1. The van der Waals surface area contributed by atoms with E-state index in [1.54, 1.807) is 13.2 Å². The van der Waals surface area contributed by atoms with Gasteiger partial charge in [-0.05, 0) is 23.8 Å². The normalized spacial score (nSPS) is 11.2. The smallest absolute Gasteiger partial charge is 0.161 e. The van der Waals surface area contributed by atoms with Crippen LogP contribution in [0, 0.1) is 0 Å². The largest absolute Gasteiger partial charge is 1.00 e. The lowest BCUT2D eigenvalue weighted by atomic mass is 10.1. The molecule has 1 rings (SSSR count). The number of ether oxygens (including phenoxy) is 1. The highest BCUT2D eigenvalue weighted by Gasteiger charge is 2.08. The van der Waals surface area contributed by atoms with Crippen molar-refractivity contribution in [3.05, 3.63) is 35.9 Å². The summed E-state index contributed by atoms with van der Waals surface area (Å²) in [6, 6.07) is 7.64. The molecule has 106 valence electrons. The van der Waals surface area contributed by atoms with Gasteiger partial charge in [0, 0.05) is 0 Å². The Hall–Kier alpha value is -0.880. The molecule has 1 aromatic rings. The second-order valence-electron chi connectivity index (χ2n) is 5.34. The van der Waals surface area contributed by atoms with Crippen molar-refractivity contribution in [2.45, 2.75) is 6.42 Å². The van der Waals surface area contributed by atoms with Crippen LogP contribution in [0.5, 0.6) is 5.75 Å². The van der Waals surface area contributed by atoms with Gasteiger partial charge >= 0.3 is 0 Å². The van der Waals surface area contributed by atoms with Crippen LogP contribution in [0.15, 0.2) is 30.3 Å². The Morgan fingerprint density at radius 3 is 2.26 bits per heavy atom. The minimum absolute atomic E-state index is 0. The number of allylic oxidation sites excluding steroid dienone is 1. The summed E-state index contributed by atoms with van der Waals surface area (Å²) in [6.07, 6.45) is 4.07. The van der Waals surface area contributed by atoms with Crippen molar-refractivity contribution in [3.63, 3.8) is 0 Å². The van der Waals surface area contributed by atoms with Crippen molar-refractivity contribution in [3.8, 4) is 5.75 Å². The molecule has 0 aliphatic rings. The van der Waals surface area contributed by atoms with Gasteiger partial charge < -0.3 is 33.2 Å². The first-order valence-corrected chi connectivity index (χ1v) is 6.06. The Morgan fingerprint density at radius 1 is 1.21 bits per heavy atom. The molecule has 0 aliphatic carbocycles. The number of quaternary nitrogens is 1. The number of halogens is 1. The van der Waals surface area contributed by atoms with Crippen molar-refractivity contribution >= 4 is 11.9 Å². The molecule has 0 saturated carbocycles. The first-order chi connectivity index (χ1) is 8.40. The number of hydrogen-bond acceptors (Lipinski definition) is 2. The van der Waals surface area contributed by atoms with Crippen molar-refractivity contribution in [2.24, 2.45) is 0 Å². The van der Waals surface area contributed by atoms with Crippen molar-refractivity contribution in [1.29, 1.82) is 0 Å². The standard InChI is InChI=1S/C15H22NO2.HI/c1-16(2,3)12-11-14(17)8-5-13-6-9-15(18-4)10-7-13;/h5-10H,11-12H2,1-4H3;1H/q+1;/p-1. The van der Waals surface area contributed by atoms with Crippen LogP contribution in [0.4, 0.5) is 0 Å². The average molecular weight is 375 g/mol. The molecule has 19 heavy (non-hydrogen) atoms. The Bertz CT molecular complexity index is 419. The van der Waals surface area contributed by atoms with Gasteiger partial charge in [-0.1, -0.05) is 18.2 Å². The summed E-state index contributed by atoms with van der Waals surface area (Å²) in [5.41, 5.74) is 1.01. The molecule has 0 N–H and O–H groups in total.